The second-order valence-corrected chi connectivity index (χ2v) is 4.07. The molecule has 1 aromatic heterocycles. The standard InChI is InChI=1S/C13H13NO3/c1-8-2-3-11-9(6-8)10(7-14-11)12(15)4-5-13(16)17/h2-3,6-7,14H,4-5H2,1H3,(H,16,17). The minimum Gasteiger partial charge on any atom is -0.481 e. The topological polar surface area (TPSA) is 70.2 Å². The predicted molar refractivity (Wildman–Crippen MR) is 64.2 cm³/mol. The molecule has 4 nitrogen and oxygen atoms in total. The highest BCUT2D eigenvalue weighted by Crippen LogP contribution is 2.21. The number of hydrogen-bond donors (Lipinski definition) is 2. The number of fused-ring (bicyclic) bond motifs is 1. The first-order chi connectivity index (χ1) is 8.08. The number of aliphatic carboxylic acids is 1. The molecule has 4 heteroatoms. The number of benzene rings is 1. The molecule has 0 atom stereocenters. The molecule has 0 aliphatic carbocycles. The Morgan fingerprint density at radius 2 is 2.06 bits per heavy atom. The van der Waals surface area contributed by atoms with Gasteiger partial charge in [-0.2, -0.15) is 0 Å². The lowest BCUT2D eigenvalue weighted by molar-refractivity contribution is -0.136. The molecule has 0 bridgehead atoms. The maximum Gasteiger partial charge on any atom is 0.303 e. The maximum absolute atomic E-state index is 11.9. The number of carboxylic acids is 1. The molecule has 17 heavy (non-hydrogen) atoms. The second-order valence-electron chi connectivity index (χ2n) is 4.07. The number of nitrogens with one attached hydrogen (secondary N) is 1. The molecule has 2 N–H and O–H groups in total. The van der Waals surface area contributed by atoms with E-state index in [4.69, 9.17) is 5.11 Å². The van der Waals surface area contributed by atoms with Crippen molar-refractivity contribution in [3.8, 4) is 0 Å². The van der Waals surface area contributed by atoms with Gasteiger partial charge in [-0.05, 0) is 19.1 Å². The lowest BCUT2D eigenvalue weighted by Gasteiger charge is -1.98. The van der Waals surface area contributed by atoms with E-state index in [-0.39, 0.29) is 18.6 Å². The summed E-state index contributed by atoms with van der Waals surface area (Å²) in [4.78, 5) is 25.3. The summed E-state index contributed by atoms with van der Waals surface area (Å²) in [6, 6.07) is 5.81. The summed E-state index contributed by atoms with van der Waals surface area (Å²) < 4.78 is 0. The normalized spacial score (nSPS) is 10.6. The summed E-state index contributed by atoms with van der Waals surface area (Å²) in [5.41, 5.74) is 2.55. The van der Waals surface area contributed by atoms with E-state index in [1.165, 1.54) is 0 Å². The van der Waals surface area contributed by atoms with E-state index in [0.29, 0.717) is 5.56 Å². The first-order valence-electron chi connectivity index (χ1n) is 5.40. The first-order valence-corrected chi connectivity index (χ1v) is 5.40. The number of aromatic nitrogens is 1. The highest BCUT2D eigenvalue weighted by Gasteiger charge is 2.13. The van der Waals surface area contributed by atoms with E-state index in [1.807, 2.05) is 25.1 Å². The lowest BCUT2D eigenvalue weighted by atomic mass is 10.0. The van der Waals surface area contributed by atoms with Crippen LogP contribution in [0.2, 0.25) is 0 Å². The van der Waals surface area contributed by atoms with Crippen molar-refractivity contribution in [1.82, 2.24) is 4.98 Å². The van der Waals surface area contributed by atoms with Crippen molar-refractivity contribution in [2.24, 2.45) is 0 Å². The fourth-order valence-corrected chi connectivity index (χ4v) is 1.82. The van der Waals surface area contributed by atoms with Gasteiger partial charge in [0.05, 0.1) is 6.42 Å². The molecule has 2 rings (SSSR count). The van der Waals surface area contributed by atoms with Crippen LogP contribution in [0.15, 0.2) is 24.4 Å². The molecule has 0 amide bonds. The van der Waals surface area contributed by atoms with Crippen LogP contribution in [-0.4, -0.2) is 21.8 Å². The third-order valence-electron chi connectivity index (χ3n) is 2.70. The van der Waals surface area contributed by atoms with Gasteiger partial charge in [0.15, 0.2) is 5.78 Å². The summed E-state index contributed by atoms with van der Waals surface area (Å²) in [7, 11) is 0. The highest BCUT2D eigenvalue weighted by molar-refractivity contribution is 6.08. The fourth-order valence-electron chi connectivity index (χ4n) is 1.82. The number of aromatic amines is 1. The van der Waals surface area contributed by atoms with Gasteiger partial charge in [0.1, 0.15) is 0 Å². The molecule has 2 aromatic rings. The van der Waals surface area contributed by atoms with Gasteiger partial charge in [0, 0.05) is 29.1 Å². The molecule has 88 valence electrons. The fraction of sp³-hybridized carbons (Fsp3) is 0.231. The molecular weight excluding hydrogens is 218 g/mol. The van der Waals surface area contributed by atoms with Crippen LogP contribution in [0.3, 0.4) is 0 Å². The number of hydrogen-bond acceptors (Lipinski definition) is 2. The van der Waals surface area contributed by atoms with Crippen LogP contribution in [0.4, 0.5) is 0 Å². The Hall–Kier alpha value is -2.10. The lowest BCUT2D eigenvalue weighted by Crippen LogP contribution is -2.03. The van der Waals surface area contributed by atoms with Gasteiger partial charge in [-0.25, -0.2) is 0 Å². The van der Waals surface area contributed by atoms with Gasteiger partial charge in [0.2, 0.25) is 0 Å². The van der Waals surface area contributed by atoms with Crippen molar-refractivity contribution < 1.29 is 14.7 Å². The molecule has 0 saturated heterocycles. The molecular formula is C13H13NO3. The van der Waals surface area contributed by atoms with Gasteiger partial charge < -0.3 is 10.1 Å². The third-order valence-corrected chi connectivity index (χ3v) is 2.70. The van der Waals surface area contributed by atoms with Gasteiger partial charge in [0.25, 0.3) is 0 Å². The summed E-state index contributed by atoms with van der Waals surface area (Å²) in [6.45, 7) is 1.96. The molecule has 1 aromatic carbocycles. The largest absolute Gasteiger partial charge is 0.481 e. The van der Waals surface area contributed by atoms with Crippen LogP contribution in [0.1, 0.15) is 28.8 Å². The molecule has 0 aliphatic heterocycles. The van der Waals surface area contributed by atoms with Crippen LogP contribution in [0, 0.1) is 6.92 Å². The summed E-state index contributed by atoms with van der Waals surface area (Å²) in [6.07, 6.45) is 1.56. The molecule has 1 heterocycles. The van der Waals surface area contributed by atoms with Crippen molar-refractivity contribution in [3.63, 3.8) is 0 Å². The Kier molecular flexibility index (Phi) is 2.95. The third kappa shape index (κ3) is 2.36. The maximum atomic E-state index is 11.9. The van der Waals surface area contributed by atoms with Gasteiger partial charge in [-0.1, -0.05) is 11.6 Å². The van der Waals surface area contributed by atoms with Crippen molar-refractivity contribution >= 4 is 22.7 Å². The van der Waals surface area contributed by atoms with Crippen molar-refractivity contribution in [2.45, 2.75) is 19.8 Å². The Morgan fingerprint density at radius 1 is 1.29 bits per heavy atom. The van der Waals surface area contributed by atoms with Gasteiger partial charge in [-0.3, -0.25) is 9.59 Å². The average Bonchev–Trinajstić information content (AvgIpc) is 2.68. The molecule has 0 radical (unpaired) electrons. The number of carbonyl (C=O) groups excluding carboxylic acids is 1. The Labute approximate surface area is 98.3 Å². The molecule has 0 spiro atoms. The summed E-state index contributed by atoms with van der Waals surface area (Å²) in [5, 5.41) is 9.42. The Morgan fingerprint density at radius 3 is 2.76 bits per heavy atom. The van der Waals surface area contributed by atoms with Crippen LogP contribution in [0.5, 0.6) is 0 Å². The Balaban J connectivity index is 2.32. The second kappa shape index (κ2) is 4.41. The minimum absolute atomic E-state index is 0.0379. The van der Waals surface area contributed by atoms with Crippen LogP contribution in [0.25, 0.3) is 10.9 Å². The van der Waals surface area contributed by atoms with E-state index in [2.05, 4.69) is 4.98 Å². The monoisotopic (exact) mass is 231 g/mol. The molecule has 0 unspecified atom stereocenters. The number of aryl methyl sites for hydroxylation is 1. The number of H-pyrrole nitrogens is 1. The average molecular weight is 231 g/mol. The first kappa shape index (κ1) is 11.4. The van der Waals surface area contributed by atoms with Crippen LogP contribution >= 0.6 is 0 Å². The van der Waals surface area contributed by atoms with E-state index in [0.717, 1.165) is 16.5 Å². The minimum atomic E-state index is -0.950. The smallest absolute Gasteiger partial charge is 0.303 e. The van der Waals surface area contributed by atoms with Crippen molar-refractivity contribution in [1.29, 1.82) is 0 Å². The zero-order valence-corrected chi connectivity index (χ0v) is 9.49. The van der Waals surface area contributed by atoms with Crippen LogP contribution in [-0.2, 0) is 4.79 Å². The number of carbonyl (C=O) groups is 2. The number of rotatable bonds is 4. The van der Waals surface area contributed by atoms with Gasteiger partial charge in [-0.15, -0.1) is 0 Å². The summed E-state index contributed by atoms with van der Waals surface area (Å²) >= 11 is 0. The predicted octanol–water partition coefficient (Wildman–Crippen LogP) is 2.52. The zero-order chi connectivity index (χ0) is 12.4. The quantitative estimate of drug-likeness (QED) is 0.794. The van der Waals surface area contributed by atoms with E-state index >= 15 is 0 Å². The Bertz CT molecular complexity index is 583. The molecule has 0 saturated carbocycles. The van der Waals surface area contributed by atoms with E-state index in [9.17, 15) is 9.59 Å². The highest BCUT2D eigenvalue weighted by atomic mass is 16.4. The van der Waals surface area contributed by atoms with Crippen molar-refractivity contribution in [2.75, 3.05) is 0 Å². The molecule has 0 fully saturated rings. The number of Topliss-reactive ketones (excluding diaryl/α,β-unsaturated/α-hetero) is 1. The number of carboxylic acid groups (broad SMARTS) is 1. The van der Waals surface area contributed by atoms with Gasteiger partial charge >= 0.3 is 5.97 Å². The number of ketones is 1. The SMILES string of the molecule is Cc1ccc2[nH]cc(C(=O)CCC(=O)O)c2c1. The summed E-state index contributed by atoms with van der Waals surface area (Å²) in [5.74, 6) is -1.08. The van der Waals surface area contributed by atoms with E-state index < -0.39 is 5.97 Å². The molecule has 0 aliphatic rings. The van der Waals surface area contributed by atoms with Crippen LogP contribution < -0.4 is 0 Å². The zero-order valence-electron chi connectivity index (χ0n) is 9.49. The van der Waals surface area contributed by atoms with Crippen molar-refractivity contribution in [3.05, 3.63) is 35.5 Å². The van der Waals surface area contributed by atoms with E-state index in [1.54, 1.807) is 6.20 Å².